The molecular formula is C28H36FN3O. The lowest BCUT2D eigenvalue weighted by Gasteiger charge is -2.43. The lowest BCUT2D eigenvalue weighted by Crippen LogP contribution is -2.53. The predicted octanol–water partition coefficient (Wildman–Crippen LogP) is 5.73. The molecular weight excluding hydrogens is 413 g/mol. The van der Waals surface area contributed by atoms with Crippen molar-refractivity contribution < 1.29 is 9.13 Å². The van der Waals surface area contributed by atoms with Crippen LogP contribution in [0.5, 0.6) is 5.75 Å². The SMILES string of the molecule is CCCN1CC(Oc2ccc(C3c4[nH]c5ccccc5c4C[C@@H](C)N3CC(C)(C)F)cc2)C1. The number of alkyl halides is 1. The fourth-order valence-corrected chi connectivity index (χ4v) is 5.56. The molecule has 0 saturated carbocycles. The minimum absolute atomic E-state index is 0.0102. The largest absolute Gasteiger partial charge is 0.488 e. The second-order valence-electron chi connectivity index (χ2n) is 10.5. The van der Waals surface area contributed by atoms with Crippen molar-refractivity contribution in [2.75, 3.05) is 26.2 Å². The first-order valence-electron chi connectivity index (χ1n) is 12.4. The van der Waals surface area contributed by atoms with E-state index in [1.54, 1.807) is 13.8 Å². The molecule has 176 valence electrons. The second-order valence-corrected chi connectivity index (χ2v) is 10.5. The Hall–Kier alpha value is -2.37. The third kappa shape index (κ3) is 4.53. The molecule has 1 N–H and O–H groups in total. The maximum atomic E-state index is 14.9. The molecule has 0 amide bonds. The smallest absolute Gasteiger partial charge is 0.124 e. The van der Waals surface area contributed by atoms with E-state index in [0.717, 1.165) is 37.3 Å². The minimum Gasteiger partial charge on any atom is -0.488 e. The zero-order valence-electron chi connectivity index (χ0n) is 20.3. The molecule has 1 saturated heterocycles. The Morgan fingerprint density at radius 1 is 1.09 bits per heavy atom. The van der Waals surface area contributed by atoms with Crippen LogP contribution in [0, 0.1) is 0 Å². The molecule has 1 fully saturated rings. The first kappa shape index (κ1) is 22.4. The number of aromatic nitrogens is 1. The molecule has 0 bridgehead atoms. The molecule has 4 nitrogen and oxygen atoms in total. The van der Waals surface area contributed by atoms with Crippen LogP contribution < -0.4 is 4.74 Å². The molecule has 0 aliphatic carbocycles. The van der Waals surface area contributed by atoms with E-state index < -0.39 is 5.67 Å². The number of likely N-dealkylation sites (tertiary alicyclic amines) is 1. The minimum atomic E-state index is -1.27. The number of para-hydroxylation sites is 1. The summed E-state index contributed by atoms with van der Waals surface area (Å²) in [5, 5.41) is 1.28. The number of benzene rings is 2. The quantitative estimate of drug-likeness (QED) is 0.500. The normalized spacial score (nSPS) is 22.3. The number of aromatic amines is 1. The number of rotatable bonds is 7. The summed E-state index contributed by atoms with van der Waals surface area (Å²) in [5.74, 6) is 0.915. The highest BCUT2D eigenvalue weighted by atomic mass is 19.1. The molecule has 2 atom stereocenters. The first-order valence-corrected chi connectivity index (χ1v) is 12.4. The van der Waals surface area contributed by atoms with Gasteiger partial charge >= 0.3 is 0 Å². The summed E-state index contributed by atoms with van der Waals surface area (Å²) in [5.41, 5.74) is 3.62. The van der Waals surface area contributed by atoms with E-state index in [4.69, 9.17) is 4.74 Å². The lowest BCUT2D eigenvalue weighted by atomic mass is 9.87. The molecule has 33 heavy (non-hydrogen) atoms. The highest BCUT2D eigenvalue weighted by molar-refractivity contribution is 5.85. The molecule has 3 aromatic rings. The fraction of sp³-hybridized carbons (Fsp3) is 0.500. The summed E-state index contributed by atoms with van der Waals surface area (Å²) in [6.07, 6.45) is 2.38. The van der Waals surface area contributed by atoms with E-state index in [1.165, 1.54) is 28.6 Å². The van der Waals surface area contributed by atoms with Crippen LogP contribution in [0.25, 0.3) is 10.9 Å². The Morgan fingerprint density at radius 3 is 2.52 bits per heavy atom. The van der Waals surface area contributed by atoms with E-state index in [2.05, 4.69) is 77.2 Å². The van der Waals surface area contributed by atoms with Gasteiger partial charge in [-0.3, -0.25) is 9.80 Å². The Morgan fingerprint density at radius 2 is 1.82 bits per heavy atom. The molecule has 5 heteroatoms. The van der Waals surface area contributed by atoms with Gasteiger partial charge in [0.2, 0.25) is 0 Å². The average molecular weight is 450 g/mol. The molecule has 1 unspecified atom stereocenters. The summed E-state index contributed by atoms with van der Waals surface area (Å²) in [6, 6.07) is 17.2. The molecule has 5 rings (SSSR count). The topological polar surface area (TPSA) is 31.5 Å². The van der Waals surface area contributed by atoms with Crippen LogP contribution in [-0.2, 0) is 6.42 Å². The number of H-pyrrole nitrogens is 1. The number of hydrogen-bond donors (Lipinski definition) is 1. The van der Waals surface area contributed by atoms with Crippen LogP contribution in [0.4, 0.5) is 4.39 Å². The first-order chi connectivity index (χ1) is 15.8. The van der Waals surface area contributed by atoms with Crippen LogP contribution in [0.2, 0.25) is 0 Å². The number of hydrogen-bond acceptors (Lipinski definition) is 3. The van der Waals surface area contributed by atoms with Gasteiger partial charge in [0.25, 0.3) is 0 Å². The van der Waals surface area contributed by atoms with Crippen molar-refractivity contribution in [3.8, 4) is 5.75 Å². The van der Waals surface area contributed by atoms with Crippen LogP contribution in [0.3, 0.4) is 0 Å². The molecule has 0 spiro atoms. The Balaban J connectivity index is 1.45. The Labute approximate surface area is 196 Å². The van der Waals surface area contributed by atoms with Crippen LogP contribution >= 0.6 is 0 Å². The zero-order valence-corrected chi connectivity index (χ0v) is 20.3. The van der Waals surface area contributed by atoms with E-state index in [9.17, 15) is 4.39 Å². The van der Waals surface area contributed by atoms with Crippen molar-refractivity contribution in [2.24, 2.45) is 0 Å². The lowest BCUT2D eigenvalue weighted by molar-refractivity contribution is 0.0202. The third-order valence-electron chi connectivity index (χ3n) is 7.04. The highest BCUT2D eigenvalue weighted by Gasteiger charge is 2.38. The number of nitrogens with zero attached hydrogens (tertiary/aromatic N) is 2. The van der Waals surface area contributed by atoms with Crippen LogP contribution in [0.1, 0.15) is 57.0 Å². The van der Waals surface area contributed by atoms with Crippen molar-refractivity contribution in [1.29, 1.82) is 0 Å². The molecule has 2 aliphatic heterocycles. The molecule has 0 radical (unpaired) electrons. The van der Waals surface area contributed by atoms with Gasteiger partial charge in [-0.25, -0.2) is 4.39 Å². The highest BCUT2D eigenvalue weighted by Crippen LogP contribution is 2.42. The second kappa shape index (κ2) is 8.77. The molecule has 2 aromatic carbocycles. The molecule has 3 heterocycles. The summed E-state index contributed by atoms with van der Waals surface area (Å²) in [6.45, 7) is 11.3. The van der Waals surface area contributed by atoms with E-state index in [1.807, 2.05) is 0 Å². The zero-order chi connectivity index (χ0) is 23.2. The van der Waals surface area contributed by atoms with Crippen molar-refractivity contribution in [1.82, 2.24) is 14.8 Å². The summed E-state index contributed by atoms with van der Waals surface area (Å²) in [7, 11) is 0. The van der Waals surface area contributed by atoms with Crippen molar-refractivity contribution in [2.45, 2.75) is 64.4 Å². The van der Waals surface area contributed by atoms with Crippen molar-refractivity contribution in [3.63, 3.8) is 0 Å². The number of ether oxygens (including phenoxy) is 1. The average Bonchev–Trinajstić information content (AvgIpc) is 3.10. The predicted molar refractivity (Wildman–Crippen MR) is 133 cm³/mol. The van der Waals surface area contributed by atoms with E-state index >= 15 is 0 Å². The van der Waals surface area contributed by atoms with Gasteiger partial charge in [-0.05, 0) is 69.5 Å². The van der Waals surface area contributed by atoms with Crippen LogP contribution in [0.15, 0.2) is 48.5 Å². The van der Waals surface area contributed by atoms with Crippen molar-refractivity contribution in [3.05, 3.63) is 65.4 Å². The fourth-order valence-electron chi connectivity index (χ4n) is 5.56. The summed E-state index contributed by atoms with van der Waals surface area (Å²) in [4.78, 5) is 8.43. The van der Waals surface area contributed by atoms with Crippen LogP contribution in [-0.4, -0.2) is 58.8 Å². The van der Waals surface area contributed by atoms with Gasteiger partial charge < -0.3 is 9.72 Å². The monoisotopic (exact) mass is 449 g/mol. The number of fused-ring (bicyclic) bond motifs is 3. The van der Waals surface area contributed by atoms with E-state index in [-0.39, 0.29) is 18.2 Å². The summed E-state index contributed by atoms with van der Waals surface area (Å²) >= 11 is 0. The van der Waals surface area contributed by atoms with Gasteiger partial charge in [-0.2, -0.15) is 0 Å². The maximum absolute atomic E-state index is 14.9. The summed E-state index contributed by atoms with van der Waals surface area (Å²) < 4.78 is 21.1. The number of halogens is 1. The van der Waals surface area contributed by atoms with Gasteiger partial charge in [-0.15, -0.1) is 0 Å². The van der Waals surface area contributed by atoms with Gasteiger partial charge in [0.05, 0.1) is 6.04 Å². The Kier molecular flexibility index (Phi) is 5.96. The van der Waals surface area contributed by atoms with Crippen molar-refractivity contribution >= 4 is 10.9 Å². The van der Waals surface area contributed by atoms with Gasteiger partial charge in [0.1, 0.15) is 17.5 Å². The van der Waals surface area contributed by atoms with Gasteiger partial charge in [-0.1, -0.05) is 37.3 Å². The number of nitrogens with one attached hydrogen (secondary N) is 1. The Bertz CT molecular complexity index is 1090. The third-order valence-corrected chi connectivity index (χ3v) is 7.04. The maximum Gasteiger partial charge on any atom is 0.124 e. The van der Waals surface area contributed by atoms with Gasteiger partial charge in [0, 0.05) is 42.3 Å². The molecule has 1 aromatic heterocycles. The van der Waals surface area contributed by atoms with Gasteiger partial charge in [0.15, 0.2) is 0 Å². The van der Waals surface area contributed by atoms with E-state index in [0.29, 0.717) is 6.54 Å². The standard InChI is InChI=1S/C28H36FN3O/c1-5-14-31-16-22(17-31)33-21-12-10-20(11-13-21)27-26-24(23-8-6-7-9-25(23)30-26)15-19(2)32(27)18-28(3,4)29/h6-13,19,22,27,30H,5,14-18H2,1-4H3/t19-,27?/m1/s1. The molecule has 2 aliphatic rings.